The topological polar surface area (TPSA) is 99.1 Å². The molecule has 21 heavy (non-hydrogen) atoms. The number of quaternary nitrogens is 1. The van der Waals surface area contributed by atoms with E-state index in [1.54, 1.807) is 0 Å². The second-order valence-electron chi connectivity index (χ2n) is 5.70. The van der Waals surface area contributed by atoms with E-state index < -0.39 is 25.6 Å². The van der Waals surface area contributed by atoms with Crippen LogP contribution in [0.3, 0.4) is 0 Å². The quantitative estimate of drug-likeness (QED) is 0.372. The SMILES string of the molecule is CC(=O)OC[C@@H](COP(=O)(O)CC[N+](C)(C)C)OC(C)=O. The molecule has 0 fully saturated rings. The van der Waals surface area contributed by atoms with E-state index in [4.69, 9.17) is 14.0 Å². The van der Waals surface area contributed by atoms with Gasteiger partial charge in [-0.25, -0.2) is 0 Å². The third-order valence-corrected chi connectivity index (χ3v) is 3.64. The monoisotopic (exact) mass is 326 g/mol. The summed E-state index contributed by atoms with van der Waals surface area (Å²) in [7, 11) is 1.89. The van der Waals surface area contributed by atoms with Crippen molar-refractivity contribution in [2.45, 2.75) is 20.0 Å². The summed E-state index contributed by atoms with van der Waals surface area (Å²) in [6, 6.07) is 0. The maximum Gasteiger partial charge on any atom is 0.333 e. The van der Waals surface area contributed by atoms with E-state index in [1.165, 1.54) is 13.8 Å². The Balaban J connectivity index is 4.39. The highest BCUT2D eigenvalue weighted by molar-refractivity contribution is 7.52. The summed E-state index contributed by atoms with van der Waals surface area (Å²) >= 11 is 0. The summed E-state index contributed by atoms with van der Waals surface area (Å²) in [5, 5.41) is 0. The highest BCUT2D eigenvalue weighted by atomic mass is 31.2. The van der Waals surface area contributed by atoms with Crippen LogP contribution in [0.4, 0.5) is 0 Å². The number of rotatable bonds is 9. The standard InChI is InChI=1S/C12H24NO7P/c1-10(14)18-8-12(20-11(2)15)9-19-21(16,17)7-6-13(3,4)5/h12H,6-9H2,1-5H3/p+1/t12-/m0/s1. The molecule has 1 N–H and O–H groups in total. The Hall–Kier alpha value is -0.950. The van der Waals surface area contributed by atoms with Crippen molar-refractivity contribution in [2.75, 3.05) is 47.1 Å². The van der Waals surface area contributed by atoms with E-state index >= 15 is 0 Å². The number of hydrogen-bond donors (Lipinski definition) is 1. The smallest absolute Gasteiger partial charge is 0.333 e. The molecule has 0 heterocycles. The zero-order valence-electron chi connectivity index (χ0n) is 13.2. The minimum atomic E-state index is -3.78. The Kier molecular flexibility index (Phi) is 8.10. The molecule has 0 aliphatic carbocycles. The fraction of sp³-hybridized carbons (Fsp3) is 0.833. The first-order valence-electron chi connectivity index (χ1n) is 6.49. The highest BCUT2D eigenvalue weighted by Crippen LogP contribution is 2.41. The number of carbonyl (C=O) groups is 2. The Morgan fingerprint density at radius 2 is 1.71 bits per heavy atom. The number of esters is 2. The predicted molar refractivity (Wildman–Crippen MR) is 75.7 cm³/mol. The van der Waals surface area contributed by atoms with Crippen LogP contribution in [0.5, 0.6) is 0 Å². The molecule has 0 spiro atoms. The van der Waals surface area contributed by atoms with E-state index in [0.29, 0.717) is 11.0 Å². The predicted octanol–water partition coefficient (Wildman–Crippen LogP) is 0.389. The largest absolute Gasteiger partial charge is 0.462 e. The average molecular weight is 326 g/mol. The van der Waals surface area contributed by atoms with Crippen LogP contribution in [0.15, 0.2) is 0 Å². The molecule has 0 amide bonds. The molecule has 8 nitrogen and oxygen atoms in total. The van der Waals surface area contributed by atoms with Crippen molar-refractivity contribution in [3.63, 3.8) is 0 Å². The van der Waals surface area contributed by atoms with Gasteiger partial charge in [0, 0.05) is 13.8 Å². The summed E-state index contributed by atoms with van der Waals surface area (Å²) in [6.07, 6.45) is -0.923. The molecule has 2 atom stereocenters. The highest BCUT2D eigenvalue weighted by Gasteiger charge is 2.26. The molecular formula is C12H25NO7P+. The van der Waals surface area contributed by atoms with Gasteiger partial charge < -0.3 is 23.4 Å². The van der Waals surface area contributed by atoms with Crippen LogP contribution in [-0.4, -0.2) is 74.5 Å². The molecule has 0 saturated carbocycles. The van der Waals surface area contributed by atoms with Crippen LogP contribution < -0.4 is 0 Å². The molecule has 0 aromatic heterocycles. The van der Waals surface area contributed by atoms with Crippen molar-refractivity contribution in [1.29, 1.82) is 0 Å². The maximum absolute atomic E-state index is 11.9. The van der Waals surface area contributed by atoms with Gasteiger partial charge in [0.15, 0.2) is 6.10 Å². The second kappa shape index (κ2) is 8.48. The van der Waals surface area contributed by atoms with E-state index in [0.717, 1.165) is 0 Å². The fourth-order valence-corrected chi connectivity index (χ4v) is 2.63. The summed E-state index contributed by atoms with van der Waals surface area (Å²) in [6.45, 7) is 2.33. The lowest BCUT2D eigenvalue weighted by atomic mass is 10.4. The van der Waals surface area contributed by atoms with Crippen LogP contribution in [-0.2, 0) is 28.2 Å². The zero-order chi connectivity index (χ0) is 16.7. The van der Waals surface area contributed by atoms with Crippen molar-refractivity contribution < 1.29 is 37.5 Å². The van der Waals surface area contributed by atoms with Crippen molar-refractivity contribution in [3.8, 4) is 0 Å². The van der Waals surface area contributed by atoms with Gasteiger partial charge in [0.25, 0.3) is 0 Å². The Labute approximate surface area is 125 Å². The van der Waals surface area contributed by atoms with E-state index in [2.05, 4.69) is 0 Å². The van der Waals surface area contributed by atoms with Gasteiger partial charge in [-0.1, -0.05) is 0 Å². The molecule has 1 unspecified atom stereocenters. The van der Waals surface area contributed by atoms with Crippen LogP contribution in [0.2, 0.25) is 0 Å². The number of ether oxygens (including phenoxy) is 2. The molecular weight excluding hydrogens is 301 g/mol. The van der Waals surface area contributed by atoms with Gasteiger partial charge in [-0.2, -0.15) is 0 Å². The summed E-state index contributed by atoms with van der Waals surface area (Å²) < 4.78 is 26.9. The van der Waals surface area contributed by atoms with Gasteiger partial charge in [-0.3, -0.25) is 14.2 Å². The van der Waals surface area contributed by atoms with Crippen LogP contribution in [0.1, 0.15) is 13.8 Å². The summed E-state index contributed by atoms with van der Waals surface area (Å²) in [4.78, 5) is 31.4. The van der Waals surface area contributed by atoms with E-state index in [9.17, 15) is 19.0 Å². The van der Waals surface area contributed by atoms with Crippen molar-refractivity contribution >= 4 is 19.5 Å². The normalized spacial score (nSPS) is 15.9. The fourth-order valence-electron chi connectivity index (χ4n) is 1.25. The summed E-state index contributed by atoms with van der Waals surface area (Å²) in [5.41, 5.74) is 0. The van der Waals surface area contributed by atoms with Gasteiger partial charge in [-0.15, -0.1) is 0 Å². The summed E-state index contributed by atoms with van der Waals surface area (Å²) in [5.74, 6) is -1.13. The zero-order valence-corrected chi connectivity index (χ0v) is 14.1. The molecule has 0 aromatic rings. The van der Waals surface area contributed by atoms with Gasteiger partial charge in [0.1, 0.15) is 6.61 Å². The molecule has 0 aliphatic heterocycles. The lowest BCUT2D eigenvalue weighted by Gasteiger charge is -2.25. The lowest BCUT2D eigenvalue weighted by molar-refractivity contribution is -0.867. The first-order chi connectivity index (χ1) is 9.41. The minimum absolute atomic E-state index is 0.0170. The Morgan fingerprint density at radius 3 is 2.14 bits per heavy atom. The van der Waals surface area contributed by atoms with Crippen LogP contribution >= 0.6 is 7.60 Å². The van der Waals surface area contributed by atoms with E-state index in [1.807, 2.05) is 21.1 Å². The Bertz CT molecular complexity index is 405. The number of nitrogens with zero attached hydrogens (tertiary/aromatic N) is 1. The third-order valence-electron chi connectivity index (χ3n) is 2.32. The van der Waals surface area contributed by atoms with Gasteiger partial charge >= 0.3 is 19.5 Å². The average Bonchev–Trinajstić information content (AvgIpc) is 2.29. The van der Waals surface area contributed by atoms with E-state index in [-0.39, 0.29) is 19.4 Å². The van der Waals surface area contributed by atoms with Gasteiger partial charge in [-0.05, 0) is 0 Å². The van der Waals surface area contributed by atoms with Crippen molar-refractivity contribution in [3.05, 3.63) is 0 Å². The van der Waals surface area contributed by atoms with Crippen LogP contribution in [0, 0.1) is 0 Å². The maximum atomic E-state index is 11.9. The molecule has 0 radical (unpaired) electrons. The molecule has 124 valence electrons. The van der Waals surface area contributed by atoms with Crippen LogP contribution in [0.25, 0.3) is 0 Å². The first-order valence-corrected chi connectivity index (χ1v) is 8.25. The number of hydrogen-bond acceptors (Lipinski definition) is 6. The molecule has 0 aromatic carbocycles. The molecule has 0 bridgehead atoms. The lowest BCUT2D eigenvalue weighted by Crippen LogP contribution is -2.37. The van der Waals surface area contributed by atoms with Crippen molar-refractivity contribution in [2.24, 2.45) is 0 Å². The minimum Gasteiger partial charge on any atom is -0.462 e. The van der Waals surface area contributed by atoms with Crippen molar-refractivity contribution in [1.82, 2.24) is 0 Å². The van der Waals surface area contributed by atoms with Gasteiger partial charge in [0.2, 0.25) is 0 Å². The van der Waals surface area contributed by atoms with Gasteiger partial charge in [0.05, 0.1) is 40.5 Å². The molecule has 9 heteroatoms. The molecule has 0 rings (SSSR count). The number of carbonyl (C=O) groups excluding carboxylic acids is 2. The molecule has 0 aliphatic rings. The first kappa shape index (κ1) is 20.1. The third kappa shape index (κ3) is 12.5. The second-order valence-corrected chi connectivity index (χ2v) is 7.69. The Morgan fingerprint density at radius 1 is 1.14 bits per heavy atom. The molecule has 0 saturated heterocycles.